The van der Waals surface area contributed by atoms with Crippen LogP contribution in [0.2, 0.25) is 0 Å². The van der Waals surface area contributed by atoms with Crippen LogP contribution in [0.1, 0.15) is 29.1 Å². The summed E-state index contributed by atoms with van der Waals surface area (Å²) in [5, 5.41) is 21.5. The number of thiophene rings is 1. The molecule has 3 heterocycles. The van der Waals surface area contributed by atoms with Crippen molar-refractivity contribution < 1.29 is 5.11 Å². The van der Waals surface area contributed by atoms with Gasteiger partial charge < -0.3 is 10.1 Å². The zero-order chi connectivity index (χ0) is 21.5. The van der Waals surface area contributed by atoms with E-state index in [1.807, 2.05) is 30.3 Å². The lowest BCUT2D eigenvalue weighted by Crippen LogP contribution is -2.20. The maximum atomic E-state index is 13.0. The minimum absolute atomic E-state index is 0.0480. The van der Waals surface area contributed by atoms with Crippen molar-refractivity contribution in [1.29, 1.82) is 5.26 Å². The average molecular weight is 450 g/mol. The van der Waals surface area contributed by atoms with Crippen LogP contribution in [0.4, 0.5) is 0 Å². The number of nitrogens with one attached hydrogen (secondary N) is 1. The van der Waals surface area contributed by atoms with E-state index in [4.69, 9.17) is 4.98 Å². The van der Waals surface area contributed by atoms with Gasteiger partial charge in [0.2, 0.25) is 0 Å². The van der Waals surface area contributed by atoms with Crippen LogP contribution in [0, 0.1) is 11.3 Å². The van der Waals surface area contributed by atoms with E-state index in [0.29, 0.717) is 11.0 Å². The number of aryl methyl sites for hydroxylation is 2. The quantitative estimate of drug-likeness (QED) is 0.208. The molecule has 156 valence electrons. The molecule has 4 aromatic rings. The molecule has 2 N–H and O–H groups in total. The van der Waals surface area contributed by atoms with Crippen molar-refractivity contribution in [3.63, 3.8) is 0 Å². The number of aliphatic hydroxyl groups is 1. The lowest BCUT2D eigenvalue weighted by Gasteiger charge is -2.11. The van der Waals surface area contributed by atoms with Crippen LogP contribution in [0.15, 0.2) is 40.0 Å². The van der Waals surface area contributed by atoms with Crippen LogP contribution < -0.4 is 5.56 Å². The van der Waals surface area contributed by atoms with Crippen molar-refractivity contribution in [2.75, 3.05) is 5.75 Å². The Kier molecular flexibility index (Phi) is 5.04. The molecule has 0 unspecified atom stereocenters. The predicted octanol–water partition coefficient (Wildman–Crippen LogP) is 4.34. The highest BCUT2D eigenvalue weighted by molar-refractivity contribution is 7.99. The van der Waals surface area contributed by atoms with Gasteiger partial charge in [-0.1, -0.05) is 23.9 Å². The molecule has 5 rings (SSSR count). The second-order valence-corrected chi connectivity index (χ2v) is 9.50. The Balaban J connectivity index is 1.47. The van der Waals surface area contributed by atoms with Gasteiger partial charge in [-0.3, -0.25) is 9.36 Å². The van der Waals surface area contributed by atoms with Crippen molar-refractivity contribution in [3.8, 4) is 6.07 Å². The number of nitriles is 1. The SMILES string of the molecule is Cn1c(SCC(O)=C(C#N)c2nc3ccccc3[nH]2)nc2sc3c(c2c1=O)CCCC3. The number of aromatic amines is 1. The molecule has 0 amide bonds. The van der Waals surface area contributed by atoms with Gasteiger partial charge in [0.15, 0.2) is 11.0 Å². The Morgan fingerprint density at radius 3 is 2.94 bits per heavy atom. The molecule has 1 aliphatic carbocycles. The lowest BCUT2D eigenvalue weighted by molar-refractivity contribution is 0.420. The monoisotopic (exact) mass is 449 g/mol. The van der Waals surface area contributed by atoms with Gasteiger partial charge in [0.25, 0.3) is 5.56 Å². The van der Waals surface area contributed by atoms with Gasteiger partial charge in [0.1, 0.15) is 22.2 Å². The van der Waals surface area contributed by atoms with Gasteiger partial charge in [0, 0.05) is 11.9 Å². The number of thioether (sulfide) groups is 1. The standard InChI is InChI=1S/C22H19N5O2S2/c1-27-21(29)18-12-6-2-5-9-17(12)31-20(18)26-22(27)30-11-16(28)13(10-23)19-24-14-7-3-4-8-15(14)25-19/h3-4,7-8,28H,2,5-6,9,11H2,1H3,(H,24,25). The first kappa shape index (κ1) is 19.8. The molecule has 31 heavy (non-hydrogen) atoms. The van der Waals surface area contributed by atoms with E-state index in [1.165, 1.54) is 21.2 Å². The zero-order valence-electron chi connectivity index (χ0n) is 16.8. The molecule has 0 bridgehead atoms. The van der Waals surface area contributed by atoms with Gasteiger partial charge in [0.05, 0.1) is 22.2 Å². The van der Waals surface area contributed by atoms with Crippen LogP contribution in [-0.2, 0) is 19.9 Å². The summed E-state index contributed by atoms with van der Waals surface area (Å²) < 4.78 is 1.54. The Bertz CT molecular complexity index is 1420. The minimum Gasteiger partial charge on any atom is -0.510 e. The Morgan fingerprint density at radius 1 is 1.32 bits per heavy atom. The Labute approximate surface area is 186 Å². The van der Waals surface area contributed by atoms with E-state index < -0.39 is 0 Å². The summed E-state index contributed by atoms with van der Waals surface area (Å²) in [6.45, 7) is 0. The van der Waals surface area contributed by atoms with Crippen LogP contribution in [-0.4, -0.2) is 30.4 Å². The summed E-state index contributed by atoms with van der Waals surface area (Å²) in [5.74, 6) is 0.327. The van der Waals surface area contributed by atoms with E-state index in [1.54, 1.807) is 18.4 Å². The smallest absolute Gasteiger partial charge is 0.262 e. The third-order valence-electron chi connectivity index (χ3n) is 5.52. The summed E-state index contributed by atoms with van der Waals surface area (Å²) in [4.78, 5) is 27.2. The van der Waals surface area contributed by atoms with Gasteiger partial charge in [-0.2, -0.15) is 5.26 Å². The second-order valence-electron chi connectivity index (χ2n) is 7.47. The molecule has 0 spiro atoms. The number of aliphatic hydroxyl groups excluding tert-OH is 1. The summed E-state index contributed by atoms with van der Waals surface area (Å²) in [5.41, 5.74) is 2.72. The van der Waals surface area contributed by atoms with E-state index in [9.17, 15) is 15.2 Å². The van der Waals surface area contributed by atoms with Crippen molar-refractivity contribution in [2.24, 2.45) is 7.05 Å². The van der Waals surface area contributed by atoms with E-state index in [-0.39, 0.29) is 22.6 Å². The molecule has 0 fully saturated rings. The number of benzene rings is 1. The first-order valence-corrected chi connectivity index (χ1v) is 11.8. The minimum atomic E-state index is -0.105. The largest absolute Gasteiger partial charge is 0.510 e. The molecule has 9 heteroatoms. The molecular weight excluding hydrogens is 430 g/mol. The molecule has 0 saturated carbocycles. The highest BCUT2D eigenvalue weighted by Crippen LogP contribution is 2.34. The van der Waals surface area contributed by atoms with E-state index in [2.05, 4.69) is 9.97 Å². The zero-order valence-corrected chi connectivity index (χ0v) is 18.4. The van der Waals surface area contributed by atoms with Gasteiger partial charge in [-0.15, -0.1) is 11.3 Å². The number of rotatable bonds is 4. The fraction of sp³-hybridized carbons (Fsp3) is 0.273. The Morgan fingerprint density at radius 2 is 2.13 bits per heavy atom. The molecule has 0 saturated heterocycles. The molecule has 1 aromatic carbocycles. The number of para-hydroxylation sites is 2. The number of H-pyrrole nitrogens is 1. The highest BCUT2D eigenvalue weighted by Gasteiger charge is 2.22. The van der Waals surface area contributed by atoms with Crippen molar-refractivity contribution >= 4 is 49.9 Å². The molecule has 0 atom stereocenters. The number of hydrogen-bond donors (Lipinski definition) is 2. The first-order chi connectivity index (χ1) is 15.1. The number of hydrogen-bond acceptors (Lipinski definition) is 7. The van der Waals surface area contributed by atoms with Crippen molar-refractivity contribution in [3.05, 3.63) is 56.6 Å². The Hall–Kier alpha value is -3.09. The van der Waals surface area contributed by atoms with Crippen molar-refractivity contribution in [2.45, 2.75) is 30.8 Å². The summed E-state index contributed by atoms with van der Waals surface area (Å²) >= 11 is 2.83. The third-order valence-corrected chi connectivity index (χ3v) is 7.75. The fourth-order valence-electron chi connectivity index (χ4n) is 3.93. The number of fused-ring (bicyclic) bond motifs is 4. The molecule has 0 aliphatic heterocycles. The van der Waals surface area contributed by atoms with Crippen molar-refractivity contribution in [1.82, 2.24) is 19.5 Å². The van der Waals surface area contributed by atoms with Crippen LogP contribution in [0.5, 0.6) is 0 Å². The van der Waals surface area contributed by atoms with E-state index >= 15 is 0 Å². The predicted molar refractivity (Wildman–Crippen MR) is 123 cm³/mol. The fourth-order valence-corrected chi connectivity index (χ4v) is 6.08. The molecule has 3 aromatic heterocycles. The summed E-state index contributed by atoms with van der Waals surface area (Å²) in [7, 11) is 1.70. The number of allylic oxidation sites excluding steroid dienone is 1. The molecule has 7 nitrogen and oxygen atoms in total. The maximum absolute atomic E-state index is 13.0. The summed E-state index contributed by atoms with van der Waals surface area (Å²) in [6.07, 6.45) is 4.20. The normalized spacial score (nSPS) is 14.5. The lowest BCUT2D eigenvalue weighted by atomic mass is 9.97. The summed E-state index contributed by atoms with van der Waals surface area (Å²) in [6, 6.07) is 9.48. The number of imidazole rings is 1. The first-order valence-electron chi connectivity index (χ1n) is 9.98. The van der Waals surface area contributed by atoms with Crippen LogP contribution >= 0.6 is 23.1 Å². The van der Waals surface area contributed by atoms with Gasteiger partial charge >= 0.3 is 0 Å². The number of nitrogens with zero attached hydrogens (tertiary/aromatic N) is 4. The van der Waals surface area contributed by atoms with Crippen LogP contribution in [0.25, 0.3) is 26.8 Å². The molecular formula is C22H19N5O2S2. The van der Waals surface area contributed by atoms with Gasteiger partial charge in [-0.25, -0.2) is 9.97 Å². The van der Waals surface area contributed by atoms with Crippen LogP contribution in [0.3, 0.4) is 0 Å². The number of aromatic nitrogens is 4. The third kappa shape index (κ3) is 3.42. The average Bonchev–Trinajstić information content (AvgIpc) is 3.36. The highest BCUT2D eigenvalue weighted by atomic mass is 32.2. The topological polar surface area (TPSA) is 108 Å². The molecule has 1 aliphatic rings. The second kappa shape index (κ2) is 7.87. The van der Waals surface area contributed by atoms with E-state index in [0.717, 1.165) is 52.5 Å². The maximum Gasteiger partial charge on any atom is 0.262 e. The molecule has 0 radical (unpaired) electrons. The van der Waals surface area contributed by atoms with Gasteiger partial charge in [-0.05, 0) is 43.4 Å².